The first kappa shape index (κ1) is 17.1. The van der Waals surface area contributed by atoms with Crippen LogP contribution in [0.2, 0.25) is 0 Å². The Hall–Kier alpha value is -3.02. The molecule has 1 aromatic heterocycles. The number of carbonyl (C=O) groups excluding carboxylic acids is 1. The van der Waals surface area contributed by atoms with Crippen molar-refractivity contribution in [3.05, 3.63) is 53.9 Å². The van der Waals surface area contributed by atoms with E-state index in [9.17, 15) is 4.79 Å². The molecule has 1 N–H and O–H groups in total. The Morgan fingerprint density at radius 2 is 2.00 bits per heavy atom. The first-order valence-electron chi connectivity index (χ1n) is 9.90. The van der Waals surface area contributed by atoms with Crippen molar-refractivity contribution in [3.8, 4) is 11.5 Å². The summed E-state index contributed by atoms with van der Waals surface area (Å²) in [7, 11) is 0. The number of hydrogen-bond acceptors (Lipinski definition) is 4. The number of aromatic nitrogens is 2. The minimum atomic E-state index is 0.110. The number of imidazole rings is 1. The average molecular weight is 377 g/mol. The molecule has 144 valence electrons. The lowest BCUT2D eigenvalue weighted by Crippen LogP contribution is -2.30. The predicted molar refractivity (Wildman–Crippen MR) is 106 cm³/mol. The third-order valence-corrected chi connectivity index (χ3v) is 5.54. The molecule has 0 radical (unpaired) electrons. The van der Waals surface area contributed by atoms with Gasteiger partial charge in [-0.3, -0.25) is 4.79 Å². The van der Waals surface area contributed by atoms with Gasteiger partial charge in [0.25, 0.3) is 0 Å². The molecule has 5 rings (SSSR count). The fraction of sp³-hybridized carbons (Fsp3) is 0.364. The zero-order chi connectivity index (χ0) is 18.9. The fourth-order valence-corrected chi connectivity index (χ4v) is 4.17. The fourth-order valence-electron chi connectivity index (χ4n) is 4.17. The van der Waals surface area contributed by atoms with Gasteiger partial charge in [-0.05, 0) is 42.7 Å². The number of amides is 1. The van der Waals surface area contributed by atoms with Crippen LogP contribution in [0.25, 0.3) is 11.0 Å². The molecule has 1 saturated heterocycles. The molecule has 6 nitrogen and oxygen atoms in total. The zero-order valence-corrected chi connectivity index (χ0v) is 15.7. The molecular formula is C22H23N3O3. The predicted octanol–water partition coefficient (Wildman–Crippen LogP) is 3.63. The molecule has 0 aliphatic carbocycles. The van der Waals surface area contributed by atoms with E-state index < -0.39 is 0 Å². The Bertz CT molecular complexity index is 980. The van der Waals surface area contributed by atoms with Crippen molar-refractivity contribution < 1.29 is 14.3 Å². The number of likely N-dealkylation sites (tertiary alicyclic amines) is 1. The minimum Gasteiger partial charge on any atom is -0.486 e. The van der Waals surface area contributed by atoms with Crippen LogP contribution < -0.4 is 9.47 Å². The number of H-pyrrole nitrogens is 1. The summed E-state index contributed by atoms with van der Waals surface area (Å²) in [6, 6.07) is 14.1. The second-order valence-electron chi connectivity index (χ2n) is 7.35. The smallest absolute Gasteiger partial charge is 0.223 e. The Balaban J connectivity index is 1.28. The van der Waals surface area contributed by atoms with Crippen molar-refractivity contribution in [2.45, 2.75) is 31.7 Å². The van der Waals surface area contributed by atoms with E-state index in [1.54, 1.807) is 0 Å². The Kier molecular flexibility index (Phi) is 4.39. The summed E-state index contributed by atoms with van der Waals surface area (Å²) in [5.74, 6) is 2.61. The lowest BCUT2D eigenvalue weighted by Gasteiger charge is -2.26. The topological polar surface area (TPSA) is 67.5 Å². The van der Waals surface area contributed by atoms with Crippen molar-refractivity contribution in [1.82, 2.24) is 14.9 Å². The molecule has 0 bridgehead atoms. The maximum absolute atomic E-state index is 12.9. The molecule has 0 unspecified atom stereocenters. The largest absolute Gasteiger partial charge is 0.486 e. The van der Waals surface area contributed by atoms with Crippen LogP contribution in [-0.4, -0.2) is 40.5 Å². The second kappa shape index (κ2) is 7.19. The number of nitrogens with one attached hydrogen (secondary N) is 1. The minimum absolute atomic E-state index is 0.110. The van der Waals surface area contributed by atoms with Crippen LogP contribution in [0.15, 0.2) is 42.5 Å². The first-order valence-corrected chi connectivity index (χ1v) is 9.90. The summed E-state index contributed by atoms with van der Waals surface area (Å²) in [5.41, 5.74) is 3.08. The monoisotopic (exact) mass is 377 g/mol. The lowest BCUT2D eigenvalue weighted by atomic mass is 10.0. The number of nitrogens with zero attached hydrogens (tertiary/aromatic N) is 2. The zero-order valence-electron chi connectivity index (χ0n) is 15.7. The molecule has 28 heavy (non-hydrogen) atoms. The van der Waals surface area contributed by atoms with Crippen molar-refractivity contribution >= 4 is 16.9 Å². The molecule has 6 heteroatoms. The van der Waals surface area contributed by atoms with Gasteiger partial charge in [-0.25, -0.2) is 4.98 Å². The normalized spacial score (nSPS) is 18.6. The number of benzene rings is 2. The lowest BCUT2D eigenvalue weighted by molar-refractivity contribution is -0.132. The molecule has 1 fully saturated rings. The summed E-state index contributed by atoms with van der Waals surface area (Å²) in [4.78, 5) is 22.8. The van der Waals surface area contributed by atoms with Gasteiger partial charge in [0.15, 0.2) is 11.5 Å². The maximum Gasteiger partial charge on any atom is 0.223 e. The van der Waals surface area contributed by atoms with E-state index >= 15 is 0 Å². The van der Waals surface area contributed by atoms with Crippen LogP contribution in [0.3, 0.4) is 0 Å². The molecule has 0 saturated carbocycles. The van der Waals surface area contributed by atoms with Gasteiger partial charge in [-0.1, -0.05) is 18.2 Å². The summed E-state index contributed by atoms with van der Waals surface area (Å²) >= 11 is 0. The highest BCUT2D eigenvalue weighted by Gasteiger charge is 2.30. The van der Waals surface area contributed by atoms with E-state index in [0.29, 0.717) is 26.1 Å². The van der Waals surface area contributed by atoms with E-state index in [4.69, 9.17) is 9.47 Å². The van der Waals surface area contributed by atoms with Gasteiger partial charge in [-0.2, -0.15) is 0 Å². The number of para-hydroxylation sites is 2. The molecular weight excluding hydrogens is 354 g/mol. The molecule has 3 aromatic rings. The number of hydrogen-bond donors (Lipinski definition) is 1. The molecule has 2 aliphatic heterocycles. The Morgan fingerprint density at radius 3 is 2.89 bits per heavy atom. The first-order chi connectivity index (χ1) is 13.8. The highest BCUT2D eigenvalue weighted by molar-refractivity contribution is 5.78. The second-order valence-corrected chi connectivity index (χ2v) is 7.35. The van der Waals surface area contributed by atoms with Crippen LogP contribution >= 0.6 is 0 Å². The summed E-state index contributed by atoms with van der Waals surface area (Å²) in [6.07, 6.45) is 3.09. The number of carbonyl (C=O) groups is 1. The van der Waals surface area contributed by atoms with E-state index in [0.717, 1.165) is 53.3 Å². The van der Waals surface area contributed by atoms with E-state index in [2.05, 4.69) is 16.0 Å². The highest BCUT2D eigenvalue weighted by Crippen LogP contribution is 2.38. The standard InChI is InChI=1S/C22H23N3O3/c26-22(10-9-21-23-16-4-1-2-5-17(16)24-21)25-11-3-6-18(25)15-7-8-19-20(14-15)28-13-12-27-19/h1-2,4-5,7-8,14,18H,3,6,9-13H2,(H,23,24)/t18-/m1/s1. The highest BCUT2D eigenvalue weighted by atomic mass is 16.6. The van der Waals surface area contributed by atoms with Gasteiger partial charge in [0.2, 0.25) is 5.91 Å². The number of rotatable bonds is 4. The van der Waals surface area contributed by atoms with E-state index in [1.165, 1.54) is 0 Å². The number of ether oxygens (including phenoxy) is 2. The van der Waals surface area contributed by atoms with Gasteiger partial charge in [0.1, 0.15) is 19.0 Å². The molecule has 1 amide bonds. The third-order valence-electron chi connectivity index (χ3n) is 5.54. The average Bonchev–Trinajstić information content (AvgIpc) is 3.38. The summed E-state index contributed by atoms with van der Waals surface area (Å²) in [6.45, 7) is 1.96. The van der Waals surface area contributed by atoms with Crippen LogP contribution in [0, 0.1) is 0 Å². The summed E-state index contributed by atoms with van der Waals surface area (Å²) in [5, 5.41) is 0. The van der Waals surface area contributed by atoms with Crippen LogP contribution in [0.1, 0.15) is 36.7 Å². The van der Waals surface area contributed by atoms with Crippen LogP contribution in [0.5, 0.6) is 11.5 Å². The number of aromatic amines is 1. The van der Waals surface area contributed by atoms with Crippen molar-refractivity contribution in [3.63, 3.8) is 0 Å². The Morgan fingerprint density at radius 1 is 1.14 bits per heavy atom. The van der Waals surface area contributed by atoms with Gasteiger partial charge in [-0.15, -0.1) is 0 Å². The van der Waals surface area contributed by atoms with E-state index in [-0.39, 0.29) is 11.9 Å². The van der Waals surface area contributed by atoms with Crippen molar-refractivity contribution in [1.29, 1.82) is 0 Å². The Labute approximate surface area is 163 Å². The maximum atomic E-state index is 12.9. The third kappa shape index (κ3) is 3.19. The molecule has 2 aromatic carbocycles. The SMILES string of the molecule is O=C(CCc1nc2ccccc2[nH]1)N1CCC[C@@H]1c1ccc2c(c1)OCCO2. The van der Waals surface area contributed by atoms with Crippen LogP contribution in [0.4, 0.5) is 0 Å². The molecule has 1 atom stereocenters. The summed E-state index contributed by atoms with van der Waals surface area (Å²) < 4.78 is 11.3. The molecule has 3 heterocycles. The number of aryl methyl sites for hydroxylation is 1. The molecule has 0 spiro atoms. The van der Waals surface area contributed by atoms with Crippen LogP contribution in [-0.2, 0) is 11.2 Å². The molecule has 2 aliphatic rings. The van der Waals surface area contributed by atoms with Gasteiger partial charge < -0.3 is 19.4 Å². The number of fused-ring (bicyclic) bond motifs is 2. The quantitative estimate of drug-likeness (QED) is 0.754. The van der Waals surface area contributed by atoms with Gasteiger partial charge >= 0.3 is 0 Å². The van der Waals surface area contributed by atoms with E-state index in [1.807, 2.05) is 41.3 Å². The van der Waals surface area contributed by atoms with Gasteiger partial charge in [0, 0.05) is 19.4 Å². The van der Waals surface area contributed by atoms with Crippen molar-refractivity contribution in [2.24, 2.45) is 0 Å². The van der Waals surface area contributed by atoms with Gasteiger partial charge in [0.05, 0.1) is 17.1 Å². The van der Waals surface area contributed by atoms with Crippen molar-refractivity contribution in [2.75, 3.05) is 19.8 Å².